The maximum atomic E-state index is 3.40. The smallest absolute Gasteiger partial charge is 0.00479 e. The predicted molar refractivity (Wildman–Crippen MR) is 76.3 cm³/mol. The third-order valence-corrected chi connectivity index (χ3v) is 3.43. The minimum absolute atomic E-state index is 0.935. The second-order valence-corrected chi connectivity index (χ2v) is 4.51. The first-order valence-electron chi connectivity index (χ1n) is 6.68. The van der Waals surface area contributed by atoms with Gasteiger partial charge in [0.15, 0.2) is 0 Å². The van der Waals surface area contributed by atoms with Gasteiger partial charge in [-0.1, -0.05) is 33.8 Å². The molecule has 16 heavy (non-hydrogen) atoms. The fourth-order valence-electron chi connectivity index (χ4n) is 1.80. The van der Waals surface area contributed by atoms with Crippen molar-refractivity contribution in [3.8, 4) is 0 Å². The van der Waals surface area contributed by atoms with Gasteiger partial charge < -0.3 is 5.32 Å². The van der Waals surface area contributed by atoms with Gasteiger partial charge >= 0.3 is 0 Å². The number of hydrogen-bond donors (Lipinski definition) is 1. The Balaban J connectivity index is 0.000000509. The molecule has 1 fully saturated rings. The van der Waals surface area contributed by atoms with Crippen LogP contribution in [0.3, 0.4) is 0 Å². The molecule has 0 bridgehead atoms. The summed E-state index contributed by atoms with van der Waals surface area (Å²) in [7, 11) is 0. The summed E-state index contributed by atoms with van der Waals surface area (Å²) in [6.07, 6.45) is 4.02. The molecule has 0 saturated carbocycles. The fourth-order valence-corrected chi connectivity index (χ4v) is 2.62. The number of thiophene rings is 1. The van der Waals surface area contributed by atoms with Crippen molar-refractivity contribution in [3.63, 3.8) is 0 Å². The van der Waals surface area contributed by atoms with Crippen LogP contribution in [0.1, 0.15) is 45.4 Å². The van der Waals surface area contributed by atoms with Crippen LogP contribution in [0.25, 0.3) is 0 Å². The zero-order valence-corrected chi connectivity index (χ0v) is 12.1. The van der Waals surface area contributed by atoms with Gasteiger partial charge in [0.2, 0.25) is 0 Å². The van der Waals surface area contributed by atoms with Crippen LogP contribution in [-0.2, 0) is 6.42 Å². The molecule has 1 aliphatic rings. The van der Waals surface area contributed by atoms with Gasteiger partial charge in [0.1, 0.15) is 0 Å². The van der Waals surface area contributed by atoms with Gasteiger partial charge in [0.05, 0.1) is 0 Å². The molecule has 0 radical (unpaired) electrons. The average Bonchev–Trinajstić information content (AvgIpc) is 2.88. The van der Waals surface area contributed by atoms with Crippen LogP contribution in [0.4, 0.5) is 0 Å². The third-order valence-electron chi connectivity index (χ3n) is 2.53. The molecule has 0 atom stereocenters. The highest BCUT2D eigenvalue weighted by atomic mass is 32.1. The van der Waals surface area contributed by atoms with Crippen molar-refractivity contribution >= 4 is 11.3 Å². The normalized spacial score (nSPS) is 15.5. The predicted octanol–water partition coefficient (Wildman–Crippen LogP) is 4.34. The zero-order chi connectivity index (χ0) is 12.2. The minimum atomic E-state index is 0.935. The molecule has 1 nitrogen and oxygen atoms in total. The molecule has 1 aromatic rings. The summed E-state index contributed by atoms with van der Waals surface area (Å²) in [5.74, 6) is 0.935. The molecule has 0 aliphatic carbocycles. The van der Waals surface area contributed by atoms with E-state index in [0.717, 1.165) is 5.92 Å². The summed E-state index contributed by atoms with van der Waals surface area (Å²) >= 11 is 1.90. The van der Waals surface area contributed by atoms with Crippen molar-refractivity contribution in [3.05, 3.63) is 22.4 Å². The summed E-state index contributed by atoms with van der Waals surface area (Å²) in [6.45, 7) is 10.4. The summed E-state index contributed by atoms with van der Waals surface area (Å²) in [5, 5.41) is 5.57. The van der Waals surface area contributed by atoms with E-state index in [-0.39, 0.29) is 0 Å². The first-order chi connectivity index (χ1) is 7.95. The molecule has 1 N–H and O–H groups in total. The highest BCUT2D eigenvalue weighted by molar-refractivity contribution is 7.09. The van der Waals surface area contributed by atoms with E-state index in [9.17, 15) is 0 Å². The molecule has 1 saturated heterocycles. The van der Waals surface area contributed by atoms with Crippen molar-refractivity contribution in [1.29, 1.82) is 0 Å². The largest absolute Gasteiger partial charge is 0.317 e. The molecule has 1 aliphatic heterocycles. The van der Waals surface area contributed by atoms with Gasteiger partial charge in [-0.3, -0.25) is 0 Å². The molecular weight excluding hydrogens is 214 g/mol. The molecule has 2 rings (SSSR count). The summed E-state index contributed by atoms with van der Waals surface area (Å²) in [6, 6.07) is 4.41. The number of rotatable bonds is 2. The zero-order valence-electron chi connectivity index (χ0n) is 11.3. The van der Waals surface area contributed by atoms with E-state index in [4.69, 9.17) is 0 Å². The lowest BCUT2D eigenvalue weighted by Gasteiger charge is -2.21. The standard InChI is InChI=1S/C10H15NS.2C2H6/c1-2-10(12-7-1)8-9-3-5-11-6-4-9;2*1-2/h1-2,7,9,11H,3-6,8H2;2*1-2H3. The van der Waals surface area contributed by atoms with Crippen molar-refractivity contribution in [1.82, 2.24) is 5.32 Å². The Morgan fingerprint density at radius 3 is 2.31 bits per heavy atom. The van der Waals surface area contributed by atoms with E-state index in [1.54, 1.807) is 4.88 Å². The molecule has 94 valence electrons. The summed E-state index contributed by atoms with van der Waals surface area (Å²) in [4.78, 5) is 1.56. The monoisotopic (exact) mass is 241 g/mol. The van der Waals surface area contributed by atoms with E-state index in [1.807, 2.05) is 39.0 Å². The Morgan fingerprint density at radius 1 is 1.19 bits per heavy atom. The van der Waals surface area contributed by atoms with Crippen molar-refractivity contribution < 1.29 is 0 Å². The fraction of sp³-hybridized carbons (Fsp3) is 0.714. The van der Waals surface area contributed by atoms with Crippen LogP contribution >= 0.6 is 11.3 Å². The van der Waals surface area contributed by atoms with Crippen LogP contribution in [0.15, 0.2) is 17.5 Å². The molecule has 0 unspecified atom stereocenters. The number of piperidine rings is 1. The first kappa shape index (κ1) is 15.7. The van der Waals surface area contributed by atoms with Crippen molar-refractivity contribution in [2.75, 3.05) is 13.1 Å². The van der Waals surface area contributed by atoms with Crippen LogP contribution in [0.2, 0.25) is 0 Å². The van der Waals surface area contributed by atoms with Gasteiger partial charge in [-0.05, 0) is 49.7 Å². The average molecular weight is 241 g/mol. The van der Waals surface area contributed by atoms with Crippen LogP contribution in [-0.4, -0.2) is 13.1 Å². The Kier molecular flexibility index (Phi) is 10.9. The molecule has 2 heterocycles. The van der Waals surface area contributed by atoms with E-state index >= 15 is 0 Å². The Morgan fingerprint density at radius 2 is 1.81 bits per heavy atom. The SMILES string of the molecule is CC.CC.c1csc(CC2CCNCC2)c1. The molecule has 0 amide bonds. The summed E-state index contributed by atoms with van der Waals surface area (Å²) in [5.41, 5.74) is 0. The van der Waals surface area contributed by atoms with Crippen LogP contribution in [0, 0.1) is 5.92 Å². The van der Waals surface area contributed by atoms with Crippen LogP contribution < -0.4 is 5.32 Å². The van der Waals surface area contributed by atoms with E-state index < -0.39 is 0 Å². The minimum Gasteiger partial charge on any atom is -0.317 e. The van der Waals surface area contributed by atoms with Gasteiger partial charge in [-0.25, -0.2) is 0 Å². The topological polar surface area (TPSA) is 12.0 Å². The van der Waals surface area contributed by atoms with Gasteiger partial charge in [0, 0.05) is 4.88 Å². The Labute approximate surface area is 105 Å². The van der Waals surface area contributed by atoms with Gasteiger partial charge in [-0.15, -0.1) is 11.3 Å². The molecular formula is C14H27NS. The lowest BCUT2D eigenvalue weighted by molar-refractivity contribution is 0.374. The van der Waals surface area contributed by atoms with Crippen molar-refractivity contribution in [2.45, 2.75) is 47.0 Å². The maximum Gasteiger partial charge on any atom is 0.00479 e. The first-order valence-corrected chi connectivity index (χ1v) is 7.56. The van der Waals surface area contributed by atoms with Gasteiger partial charge in [-0.2, -0.15) is 0 Å². The second-order valence-electron chi connectivity index (χ2n) is 3.48. The molecule has 0 spiro atoms. The van der Waals surface area contributed by atoms with E-state index in [0.29, 0.717) is 0 Å². The second kappa shape index (κ2) is 11.2. The molecule has 2 heteroatoms. The highest BCUT2D eigenvalue weighted by Gasteiger charge is 2.13. The Bertz CT molecular complexity index is 213. The molecule has 1 aromatic heterocycles. The third kappa shape index (κ3) is 6.29. The lowest BCUT2D eigenvalue weighted by Crippen LogP contribution is -2.28. The number of hydrogen-bond acceptors (Lipinski definition) is 2. The van der Waals surface area contributed by atoms with E-state index in [2.05, 4.69) is 22.8 Å². The highest BCUT2D eigenvalue weighted by Crippen LogP contribution is 2.20. The molecule has 0 aromatic carbocycles. The lowest BCUT2D eigenvalue weighted by atomic mass is 9.94. The van der Waals surface area contributed by atoms with Crippen molar-refractivity contribution in [2.24, 2.45) is 5.92 Å². The van der Waals surface area contributed by atoms with Crippen LogP contribution in [0.5, 0.6) is 0 Å². The summed E-state index contributed by atoms with van der Waals surface area (Å²) < 4.78 is 0. The van der Waals surface area contributed by atoms with E-state index in [1.165, 1.54) is 32.4 Å². The Hall–Kier alpha value is -0.340. The number of nitrogens with one attached hydrogen (secondary N) is 1. The maximum absolute atomic E-state index is 3.40. The quantitative estimate of drug-likeness (QED) is 0.812. The van der Waals surface area contributed by atoms with Gasteiger partial charge in [0.25, 0.3) is 0 Å².